The van der Waals surface area contributed by atoms with Crippen LogP contribution in [0.25, 0.3) is 0 Å². The summed E-state index contributed by atoms with van der Waals surface area (Å²) in [5, 5.41) is 0. The fraction of sp³-hybridized carbons (Fsp3) is 0.333. The first-order chi connectivity index (χ1) is 4.93. The molecule has 70 valence electrons. The maximum Gasteiger partial charge on any atom is 0.0184 e. The summed E-state index contributed by atoms with van der Waals surface area (Å²) in [6, 6.07) is 10.6. The Morgan fingerprint density at radius 3 is 2.17 bits per heavy atom. The van der Waals surface area contributed by atoms with E-state index in [4.69, 9.17) is 0 Å². The van der Waals surface area contributed by atoms with Crippen molar-refractivity contribution in [1.82, 2.24) is 0 Å². The van der Waals surface area contributed by atoms with Gasteiger partial charge >= 0.3 is 0 Å². The predicted octanol–water partition coefficient (Wildman–Crippen LogP) is 1.29. The van der Waals surface area contributed by atoms with Gasteiger partial charge in [-0.25, -0.2) is 0 Å². The highest BCUT2D eigenvalue weighted by Gasteiger charge is 1.87. The molecule has 0 aromatic heterocycles. The first kappa shape index (κ1) is 14.0. The lowest BCUT2D eigenvalue weighted by Crippen LogP contribution is -1.77. The molecule has 0 amide bonds. The Labute approximate surface area is 77.6 Å². The summed E-state index contributed by atoms with van der Waals surface area (Å²) in [4.78, 5) is 0. The lowest BCUT2D eigenvalue weighted by atomic mass is 10.2. The van der Waals surface area contributed by atoms with Crippen molar-refractivity contribution in [3.63, 3.8) is 0 Å². The zero-order valence-electron chi connectivity index (χ0n) is 7.21. The van der Waals surface area contributed by atoms with Crippen LogP contribution in [-0.4, -0.2) is 16.7 Å². The lowest BCUT2D eigenvalue weighted by Gasteiger charge is -1.96. The molecule has 0 aliphatic carbocycles. The second-order valence-electron chi connectivity index (χ2n) is 2.12. The summed E-state index contributed by atoms with van der Waals surface area (Å²) in [5.74, 6) is 2.35. The van der Waals surface area contributed by atoms with Crippen molar-refractivity contribution in [2.75, 3.05) is 5.75 Å². The van der Waals surface area contributed by atoms with E-state index in [1.54, 1.807) is 0 Å². The fourth-order valence-corrected chi connectivity index (χ4v) is 1.43. The first-order valence-electron chi connectivity index (χ1n) is 3.55. The van der Waals surface area contributed by atoms with E-state index in [9.17, 15) is 0 Å². The Morgan fingerprint density at radius 2 is 1.67 bits per heavy atom. The molecule has 0 aliphatic heterocycles. The lowest BCUT2D eigenvalue weighted by molar-refractivity contribution is 0.823. The van der Waals surface area contributed by atoms with Gasteiger partial charge in [0.05, 0.1) is 0 Å². The van der Waals surface area contributed by atoms with Gasteiger partial charge in [-0.3, -0.25) is 0 Å². The average Bonchev–Trinajstić information content (AvgIpc) is 2.03. The Balaban J connectivity index is 0. The fourth-order valence-electron chi connectivity index (χ4n) is 0.794. The number of hydrogen-bond acceptors (Lipinski definition) is 1. The van der Waals surface area contributed by atoms with Gasteiger partial charge in [-0.2, -0.15) is 11.8 Å². The van der Waals surface area contributed by atoms with E-state index in [1.165, 1.54) is 11.3 Å². The third kappa shape index (κ3) is 5.18. The minimum Gasteiger partial charge on any atom is -0.412 e. The van der Waals surface area contributed by atoms with Crippen LogP contribution in [0.4, 0.5) is 0 Å². The van der Waals surface area contributed by atoms with E-state index >= 15 is 0 Å². The maximum atomic E-state index is 2.19. The summed E-state index contributed by atoms with van der Waals surface area (Å²) < 4.78 is 0. The van der Waals surface area contributed by atoms with Crippen LogP contribution in [0, 0.1) is 0 Å². The summed E-state index contributed by atoms with van der Waals surface area (Å²) in [7, 11) is 0. The summed E-state index contributed by atoms with van der Waals surface area (Å²) in [6.07, 6.45) is 0. The van der Waals surface area contributed by atoms with Gasteiger partial charge in [0.2, 0.25) is 0 Å². The number of hydrogen-bond donors (Lipinski definition) is 0. The zero-order valence-corrected chi connectivity index (χ0v) is 8.03. The molecule has 0 saturated carbocycles. The van der Waals surface area contributed by atoms with Crippen molar-refractivity contribution in [2.45, 2.75) is 12.7 Å². The molecule has 1 rings (SSSR count). The third-order valence-corrected chi connectivity index (χ3v) is 2.26. The van der Waals surface area contributed by atoms with Gasteiger partial charge in [-0.15, -0.1) is 0 Å². The van der Waals surface area contributed by atoms with E-state index in [0.29, 0.717) is 0 Å². The van der Waals surface area contributed by atoms with Gasteiger partial charge in [0, 0.05) is 5.75 Å². The van der Waals surface area contributed by atoms with E-state index in [0.717, 1.165) is 5.75 Å². The topological polar surface area (TPSA) is 63.0 Å². The van der Waals surface area contributed by atoms with E-state index in [1.807, 2.05) is 11.8 Å². The Kier molecular flexibility index (Phi) is 10.0. The maximum absolute atomic E-state index is 2.19. The minimum absolute atomic E-state index is 0. The van der Waals surface area contributed by atoms with Gasteiger partial charge < -0.3 is 11.0 Å². The molecule has 0 heterocycles. The highest BCUT2D eigenvalue weighted by Crippen LogP contribution is 2.09. The summed E-state index contributed by atoms with van der Waals surface area (Å²) >= 11 is 1.96. The molecule has 0 unspecified atom stereocenters. The molecule has 1 aromatic rings. The van der Waals surface area contributed by atoms with Crippen molar-refractivity contribution in [3.8, 4) is 0 Å². The Bertz CT molecular complexity index is 177. The number of thioether (sulfide) groups is 1. The van der Waals surface area contributed by atoms with Crippen molar-refractivity contribution in [1.29, 1.82) is 0 Å². The molecule has 0 fully saturated rings. The Morgan fingerprint density at radius 1 is 1.08 bits per heavy atom. The SMILES string of the molecule is CCSCc1ccccc1.O.O. The largest absolute Gasteiger partial charge is 0.412 e. The highest BCUT2D eigenvalue weighted by molar-refractivity contribution is 7.98. The monoisotopic (exact) mass is 188 g/mol. The van der Waals surface area contributed by atoms with Crippen LogP contribution in [0.15, 0.2) is 30.3 Å². The molecule has 0 saturated heterocycles. The van der Waals surface area contributed by atoms with Gasteiger partial charge in [0.15, 0.2) is 0 Å². The average molecular weight is 188 g/mol. The molecule has 3 heteroatoms. The van der Waals surface area contributed by atoms with Crippen LogP contribution in [0.2, 0.25) is 0 Å². The molecule has 0 aliphatic rings. The third-order valence-electron chi connectivity index (χ3n) is 1.32. The molecular weight excluding hydrogens is 172 g/mol. The predicted molar refractivity (Wildman–Crippen MR) is 55.5 cm³/mol. The number of benzene rings is 1. The van der Waals surface area contributed by atoms with E-state index < -0.39 is 0 Å². The molecular formula is C9H16O2S. The molecule has 0 radical (unpaired) electrons. The van der Waals surface area contributed by atoms with Gasteiger partial charge in [0.1, 0.15) is 0 Å². The second-order valence-corrected chi connectivity index (χ2v) is 3.40. The zero-order chi connectivity index (χ0) is 7.23. The Hall–Kier alpha value is -0.510. The van der Waals surface area contributed by atoms with Crippen molar-refractivity contribution < 1.29 is 11.0 Å². The van der Waals surface area contributed by atoms with Crippen LogP contribution < -0.4 is 0 Å². The van der Waals surface area contributed by atoms with Crippen molar-refractivity contribution in [2.24, 2.45) is 0 Å². The van der Waals surface area contributed by atoms with E-state index in [-0.39, 0.29) is 11.0 Å². The molecule has 0 spiro atoms. The standard InChI is InChI=1S/C9H12S.2H2O/c1-2-10-8-9-6-4-3-5-7-9;;/h3-7H,2,8H2,1H3;2*1H2. The van der Waals surface area contributed by atoms with E-state index in [2.05, 4.69) is 37.3 Å². The summed E-state index contributed by atoms with van der Waals surface area (Å²) in [5.41, 5.74) is 1.43. The molecule has 0 atom stereocenters. The van der Waals surface area contributed by atoms with Gasteiger partial charge in [-0.1, -0.05) is 37.3 Å². The molecule has 0 bridgehead atoms. The first-order valence-corrected chi connectivity index (χ1v) is 4.70. The van der Waals surface area contributed by atoms with Crippen LogP contribution >= 0.6 is 11.8 Å². The van der Waals surface area contributed by atoms with Crippen molar-refractivity contribution >= 4 is 11.8 Å². The quantitative estimate of drug-likeness (QED) is 0.705. The highest BCUT2D eigenvalue weighted by atomic mass is 32.2. The molecule has 2 nitrogen and oxygen atoms in total. The molecule has 12 heavy (non-hydrogen) atoms. The van der Waals surface area contributed by atoms with Crippen LogP contribution in [-0.2, 0) is 5.75 Å². The normalized spacial score (nSPS) is 8.08. The number of rotatable bonds is 3. The summed E-state index contributed by atoms with van der Waals surface area (Å²) in [6.45, 7) is 2.19. The van der Waals surface area contributed by atoms with Gasteiger partial charge in [-0.05, 0) is 11.3 Å². The molecule has 1 aromatic carbocycles. The van der Waals surface area contributed by atoms with Crippen LogP contribution in [0.5, 0.6) is 0 Å². The van der Waals surface area contributed by atoms with Crippen LogP contribution in [0.3, 0.4) is 0 Å². The smallest absolute Gasteiger partial charge is 0.0184 e. The van der Waals surface area contributed by atoms with Crippen molar-refractivity contribution in [3.05, 3.63) is 35.9 Å². The van der Waals surface area contributed by atoms with Crippen LogP contribution in [0.1, 0.15) is 12.5 Å². The molecule has 4 N–H and O–H groups in total. The second kappa shape index (κ2) is 8.59. The minimum atomic E-state index is 0. The van der Waals surface area contributed by atoms with Gasteiger partial charge in [0.25, 0.3) is 0 Å².